The fourth-order valence-corrected chi connectivity index (χ4v) is 3.81. The van der Waals surface area contributed by atoms with Crippen molar-refractivity contribution in [1.82, 2.24) is 15.2 Å². The molecule has 2 aliphatic rings. The first-order valence-electron chi connectivity index (χ1n) is 9.73. The molecule has 1 aliphatic carbocycles. The summed E-state index contributed by atoms with van der Waals surface area (Å²) in [7, 11) is 0. The number of nitrogens with zero attached hydrogens (tertiary/aromatic N) is 2. The topological polar surface area (TPSA) is 58.4 Å². The van der Waals surface area contributed by atoms with Crippen LogP contribution in [0.1, 0.15) is 66.4 Å². The number of benzene rings is 1. The van der Waals surface area contributed by atoms with Crippen LogP contribution < -0.4 is 5.32 Å². The monoisotopic (exact) mass is 353 g/mol. The second-order valence-corrected chi connectivity index (χ2v) is 7.69. The molecule has 5 nitrogen and oxygen atoms in total. The Balaban J connectivity index is 1.46. The van der Waals surface area contributed by atoms with Crippen LogP contribution in [0, 0.1) is 5.92 Å². The van der Waals surface area contributed by atoms with Crippen molar-refractivity contribution in [3.8, 4) is 0 Å². The number of likely N-dealkylation sites (tertiary alicyclic amines) is 1. The SMILES string of the molecule is CC1CCN(C(CNC(=O)c2ncoc2C2CC2)c2ccccc2)CC1. The van der Waals surface area contributed by atoms with Gasteiger partial charge >= 0.3 is 0 Å². The summed E-state index contributed by atoms with van der Waals surface area (Å²) in [6.07, 6.45) is 6.00. The number of piperidine rings is 1. The van der Waals surface area contributed by atoms with Crippen molar-refractivity contribution in [3.05, 3.63) is 53.7 Å². The molecule has 1 aromatic carbocycles. The zero-order chi connectivity index (χ0) is 17.9. The van der Waals surface area contributed by atoms with Gasteiger partial charge in [0.25, 0.3) is 5.91 Å². The average Bonchev–Trinajstić information content (AvgIpc) is 3.40. The fraction of sp³-hybridized carbons (Fsp3) is 0.524. The van der Waals surface area contributed by atoms with Gasteiger partial charge in [-0.25, -0.2) is 4.98 Å². The van der Waals surface area contributed by atoms with E-state index in [0.717, 1.165) is 37.6 Å². The molecule has 1 N–H and O–H groups in total. The minimum atomic E-state index is -0.119. The summed E-state index contributed by atoms with van der Waals surface area (Å²) in [6, 6.07) is 10.7. The van der Waals surface area contributed by atoms with Crippen LogP contribution in [0.2, 0.25) is 0 Å². The molecule has 1 saturated carbocycles. The van der Waals surface area contributed by atoms with Gasteiger partial charge < -0.3 is 9.73 Å². The Morgan fingerprint density at radius 3 is 2.65 bits per heavy atom. The summed E-state index contributed by atoms with van der Waals surface area (Å²) in [5.41, 5.74) is 1.72. The Hall–Kier alpha value is -2.14. The summed E-state index contributed by atoms with van der Waals surface area (Å²) >= 11 is 0. The number of aromatic nitrogens is 1. The number of oxazole rings is 1. The van der Waals surface area contributed by atoms with E-state index in [1.165, 1.54) is 24.8 Å². The number of amides is 1. The Bertz CT molecular complexity index is 731. The number of hydrogen-bond acceptors (Lipinski definition) is 4. The largest absolute Gasteiger partial charge is 0.447 e. The van der Waals surface area contributed by atoms with Gasteiger partial charge in [-0.05, 0) is 50.3 Å². The smallest absolute Gasteiger partial charge is 0.273 e. The third-order valence-corrected chi connectivity index (χ3v) is 5.66. The predicted molar refractivity (Wildman–Crippen MR) is 100.0 cm³/mol. The first kappa shape index (κ1) is 17.3. The van der Waals surface area contributed by atoms with Crippen LogP contribution in [0.15, 0.2) is 41.1 Å². The molecule has 1 aliphatic heterocycles. The second kappa shape index (κ2) is 7.62. The number of hydrogen-bond donors (Lipinski definition) is 1. The lowest BCUT2D eigenvalue weighted by Crippen LogP contribution is -2.42. The predicted octanol–water partition coefficient (Wildman–Crippen LogP) is 3.76. The van der Waals surface area contributed by atoms with E-state index in [1.54, 1.807) is 0 Å². The summed E-state index contributed by atoms with van der Waals surface area (Å²) in [4.78, 5) is 19.3. The van der Waals surface area contributed by atoms with Gasteiger partial charge in [-0.2, -0.15) is 0 Å². The molecule has 138 valence electrons. The van der Waals surface area contributed by atoms with Crippen molar-refractivity contribution in [2.24, 2.45) is 5.92 Å². The third-order valence-electron chi connectivity index (χ3n) is 5.66. The normalized spacial score (nSPS) is 20.0. The van der Waals surface area contributed by atoms with E-state index < -0.39 is 0 Å². The molecule has 26 heavy (non-hydrogen) atoms. The minimum Gasteiger partial charge on any atom is -0.447 e. The molecule has 0 bridgehead atoms. The molecule has 1 atom stereocenters. The van der Waals surface area contributed by atoms with Crippen LogP contribution in [0.3, 0.4) is 0 Å². The van der Waals surface area contributed by atoms with E-state index in [4.69, 9.17) is 4.42 Å². The lowest BCUT2D eigenvalue weighted by atomic mass is 9.95. The number of carbonyl (C=O) groups is 1. The molecular formula is C21H27N3O2. The van der Waals surface area contributed by atoms with E-state index in [2.05, 4.69) is 46.4 Å². The van der Waals surface area contributed by atoms with Crippen LogP contribution in [-0.2, 0) is 0 Å². The van der Waals surface area contributed by atoms with Gasteiger partial charge in [0, 0.05) is 12.5 Å². The molecule has 1 amide bonds. The second-order valence-electron chi connectivity index (χ2n) is 7.69. The number of rotatable bonds is 6. The Morgan fingerprint density at radius 1 is 1.23 bits per heavy atom. The highest BCUT2D eigenvalue weighted by atomic mass is 16.3. The van der Waals surface area contributed by atoms with Gasteiger partial charge in [-0.3, -0.25) is 9.69 Å². The lowest BCUT2D eigenvalue weighted by molar-refractivity contribution is 0.0907. The maximum absolute atomic E-state index is 12.7. The van der Waals surface area contributed by atoms with Crippen molar-refractivity contribution in [3.63, 3.8) is 0 Å². The first-order valence-corrected chi connectivity index (χ1v) is 9.73. The molecule has 2 fully saturated rings. The molecule has 1 aromatic heterocycles. The molecule has 1 unspecified atom stereocenters. The Labute approximate surface area is 154 Å². The zero-order valence-electron chi connectivity index (χ0n) is 15.4. The lowest BCUT2D eigenvalue weighted by Gasteiger charge is -2.37. The highest BCUT2D eigenvalue weighted by Crippen LogP contribution is 2.41. The summed E-state index contributed by atoms with van der Waals surface area (Å²) in [5, 5.41) is 3.11. The van der Waals surface area contributed by atoms with Crippen LogP contribution in [0.4, 0.5) is 0 Å². The van der Waals surface area contributed by atoms with Crippen molar-refractivity contribution < 1.29 is 9.21 Å². The molecule has 0 radical (unpaired) electrons. The van der Waals surface area contributed by atoms with E-state index in [0.29, 0.717) is 18.2 Å². The van der Waals surface area contributed by atoms with Gasteiger partial charge in [0.1, 0.15) is 5.76 Å². The number of carbonyl (C=O) groups excluding carboxylic acids is 1. The van der Waals surface area contributed by atoms with Gasteiger partial charge in [0.05, 0.1) is 6.04 Å². The average molecular weight is 353 g/mol. The molecule has 2 aromatic rings. The van der Waals surface area contributed by atoms with Crippen LogP contribution in [0.25, 0.3) is 0 Å². The minimum absolute atomic E-state index is 0.119. The zero-order valence-corrected chi connectivity index (χ0v) is 15.4. The van der Waals surface area contributed by atoms with Gasteiger partial charge in [-0.1, -0.05) is 37.3 Å². The first-order chi connectivity index (χ1) is 12.7. The summed E-state index contributed by atoms with van der Waals surface area (Å²) in [5.74, 6) is 1.80. The van der Waals surface area contributed by atoms with Crippen molar-refractivity contribution >= 4 is 5.91 Å². The van der Waals surface area contributed by atoms with E-state index in [9.17, 15) is 4.79 Å². The van der Waals surface area contributed by atoms with Crippen molar-refractivity contribution in [2.75, 3.05) is 19.6 Å². The Morgan fingerprint density at radius 2 is 1.96 bits per heavy atom. The Kier molecular flexibility index (Phi) is 5.07. The van der Waals surface area contributed by atoms with E-state index in [1.807, 2.05) is 6.07 Å². The van der Waals surface area contributed by atoms with Crippen LogP contribution >= 0.6 is 0 Å². The quantitative estimate of drug-likeness (QED) is 0.859. The molecule has 4 rings (SSSR count). The molecule has 2 heterocycles. The highest BCUT2D eigenvalue weighted by molar-refractivity contribution is 5.93. The fourth-order valence-electron chi connectivity index (χ4n) is 3.81. The standard InChI is InChI=1S/C21H27N3O2/c1-15-9-11-24(12-10-15)18(16-5-3-2-4-6-16)13-22-21(25)19-20(17-7-8-17)26-14-23-19/h2-6,14-15,17-18H,7-13H2,1H3,(H,22,25). The third kappa shape index (κ3) is 3.83. The van der Waals surface area contributed by atoms with Crippen LogP contribution in [-0.4, -0.2) is 35.4 Å². The number of nitrogens with one attached hydrogen (secondary N) is 1. The molecule has 5 heteroatoms. The van der Waals surface area contributed by atoms with Gasteiger partial charge in [-0.15, -0.1) is 0 Å². The maximum atomic E-state index is 12.7. The van der Waals surface area contributed by atoms with E-state index >= 15 is 0 Å². The highest BCUT2D eigenvalue weighted by Gasteiger charge is 2.33. The molecular weight excluding hydrogens is 326 g/mol. The van der Waals surface area contributed by atoms with E-state index in [-0.39, 0.29) is 11.9 Å². The van der Waals surface area contributed by atoms with Crippen LogP contribution in [0.5, 0.6) is 0 Å². The summed E-state index contributed by atoms with van der Waals surface area (Å²) < 4.78 is 5.45. The maximum Gasteiger partial charge on any atom is 0.273 e. The van der Waals surface area contributed by atoms with Crippen molar-refractivity contribution in [2.45, 2.75) is 44.6 Å². The van der Waals surface area contributed by atoms with Gasteiger partial charge in [0.2, 0.25) is 0 Å². The van der Waals surface area contributed by atoms with Crippen molar-refractivity contribution in [1.29, 1.82) is 0 Å². The summed E-state index contributed by atoms with van der Waals surface area (Å²) in [6.45, 7) is 5.07. The van der Waals surface area contributed by atoms with Gasteiger partial charge in [0.15, 0.2) is 12.1 Å². The molecule has 0 spiro atoms. The molecule has 1 saturated heterocycles.